The highest BCUT2D eigenvalue weighted by molar-refractivity contribution is 6.00. The molecule has 1 aliphatic heterocycles. The van der Waals surface area contributed by atoms with Gasteiger partial charge in [-0.2, -0.15) is 18.3 Å². The molecule has 128 valence electrons. The minimum Gasteiger partial charge on any atom is -0.356 e. The smallest absolute Gasteiger partial charge is 0.356 e. The Morgan fingerprint density at radius 1 is 1.48 bits per heavy atom. The monoisotopic (exact) mass is 332 g/mol. The maximum atomic E-state index is 12.3. The third kappa shape index (κ3) is 4.70. The molecule has 2 amide bonds. The summed E-state index contributed by atoms with van der Waals surface area (Å²) in [5.74, 6) is -0.963. The molecule has 23 heavy (non-hydrogen) atoms. The molecular formula is C14H19F3N4O2. The molecule has 0 radical (unpaired) electrons. The highest BCUT2D eigenvalue weighted by Gasteiger charge is 2.36. The van der Waals surface area contributed by atoms with Gasteiger partial charge in [0.05, 0.1) is 17.8 Å². The van der Waals surface area contributed by atoms with Crippen LogP contribution in [-0.2, 0) is 16.1 Å². The predicted octanol–water partition coefficient (Wildman–Crippen LogP) is 1.71. The van der Waals surface area contributed by atoms with Crippen LogP contribution in [-0.4, -0.2) is 40.9 Å². The number of rotatable bonds is 6. The van der Waals surface area contributed by atoms with E-state index < -0.39 is 18.6 Å². The average molecular weight is 332 g/mol. The summed E-state index contributed by atoms with van der Waals surface area (Å²) in [6.07, 6.45) is -0.124. The van der Waals surface area contributed by atoms with Crippen molar-refractivity contribution in [3.05, 3.63) is 12.4 Å². The summed E-state index contributed by atoms with van der Waals surface area (Å²) in [5.41, 5.74) is 0.281. The predicted molar refractivity (Wildman–Crippen MR) is 76.7 cm³/mol. The lowest BCUT2D eigenvalue weighted by atomic mass is 10.1. The fraction of sp³-hybridized carbons (Fsp3) is 0.643. The Balaban J connectivity index is 1.96. The SMILES string of the molecule is CCCCNC(=O)[C@@H]1CC(=O)N(c2cnn(CC(F)(F)F)c2)C1. The fourth-order valence-corrected chi connectivity index (χ4v) is 2.43. The van der Waals surface area contributed by atoms with E-state index in [-0.39, 0.29) is 30.5 Å². The van der Waals surface area contributed by atoms with Gasteiger partial charge in [-0.15, -0.1) is 0 Å². The normalized spacial score (nSPS) is 18.5. The van der Waals surface area contributed by atoms with Gasteiger partial charge in [0, 0.05) is 25.7 Å². The van der Waals surface area contributed by atoms with Crippen LogP contribution in [0.2, 0.25) is 0 Å². The molecule has 0 unspecified atom stereocenters. The number of aromatic nitrogens is 2. The molecule has 1 fully saturated rings. The van der Waals surface area contributed by atoms with Crippen LogP contribution >= 0.6 is 0 Å². The van der Waals surface area contributed by atoms with Gasteiger partial charge in [-0.3, -0.25) is 14.3 Å². The quantitative estimate of drug-likeness (QED) is 0.807. The standard InChI is InChI=1S/C14H19F3N4O2/c1-2-3-4-18-13(23)10-5-12(22)21(7-10)11-6-19-20(8-11)9-14(15,16)17/h6,8,10H,2-5,7,9H2,1H3,(H,18,23)/t10-/m1/s1. The van der Waals surface area contributed by atoms with Crippen molar-refractivity contribution in [3.63, 3.8) is 0 Å². The molecule has 0 aliphatic carbocycles. The molecule has 2 rings (SSSR count). The van der Waals surface area contributed by atoms with E-state index in [4.69, 9.17) is 0 Å². The number of hydrogen-bond acceptors (Lipinski definition) is 3. The molecule has 0 bridgehead atoms. The highest BCUT2D eigenvalue weighted by Crippen LogP contribution is 2.26. The molecular weight excluding hydrogens is 313 g/mol. The zero-order valence-electron chi connectivity index (χ0n) is 12.8. The first-order chi connectivity index (χ1) is 10.8. The number of hydrogen-bond donors (Lipinski definition) is 1. The van der Waals surface area contributed by atoms with Gasteiger partial charge in [0.1, 0.15) is 6.54 Å². The van der Waals surface area contributed by atoms with Crippen molar-refractivity contribution in [2.45, 2.75) is 38.9 Å². The van der Waals surface area contributed by atoms with Crippen molar-refractivity contribution >= 4 is 17.5 Å². The largest absolute Gasteiger partial charge is 0.408 e. The first-order valence-corrected chi connectivity index (χ1v) is 7.47. The Hall–Kier alpha value is -2.06. The van der Waals surface area contributed by atoms with Gasteiger partial charge >= 0.3 is 6.18 Å². The van der Waals surface area contributed by atoms with E-state index in [0.29, 0.717) is 6.54 Å². The van der Waals surface area contributed by atoms with Crippen molar-refractivity contribution in [2.24, 2.45) is 5.92 Å². The number of carbonyl (C=O) groups excluding carboxylic acids is 2. The van der Waals surface area contributed by atoms with Crippen molar-refractivity contribution in [1.82, 2.24) is 15.1 Å². The zero-order valence-corrected chi connectivity index (χ0v) is 12.8. The molecule has 1 aliphatic rings. The lowest BCUT2D eigenvalue weighted by molar-refractivity contribution is -0.142. The lowest BCUT2D eigenvalue weighted by Crippen LogP contribution is -2.33. The van der Waals surface area contributed by atoms with Crippen LogP contribution in [0.15, 0.2) is 12.4 Å². The number of carbonyl (C=O) groups is 2. The summed E-state index contributed by atoms with van der Waals surface area (Å²) in [6, 6.07) is 0. The Morgan fingerprint density at radius 3 is 2.87 bits per heavy atom. The van der Waals surface area contributed by atoms with Gasteiger partial charge in [-0.25, -0.2) is 0 Å². The second kappa shape index (κ2) is 7.01. The maximum absolute atomic E-state index is 12.3. The van der Waals surface area contributed by atoms with Crippen LogP contribution in [0.25, 0.3) is 0 Å². The van der Waals surface area contributed by atoms with E-state index >= 15 is 0 Å². The fourth-order valence-electron chi connectivity index (χ4n) is 2.43. The second-order valence-corrected chi connectivity index (χ2v) is 5.56. The number of anilines is 1. The number of amides is 2. The van der Waals surface area contributed by atoms with E-state index in [1.54, 1.807) is 0 Å². The topological polar surface area (TPSA) is 67.2 Å². The minimum absolute atomic E-state index is 0.0579. The molecule has 0 spiro atoms. The van der Waals surface area contributed by atoms with E-state index in [1.165, 1.54) is 17.3 Å². The van der Waals surface area contributed by atoms with Crippen LogP contribution in [0.1, 0.15) is 26.2 Å². The number of halogens is 3. The van der Waals surface area contributed by atoms with E-state index in [9.17, 15) is 22.8 Å². The summed E-state index contributed by atoms with van der Waals surface area (Å²) in [4.78, 5) is 25.3. The Kier molecular flexibility index (Phi) is 5.27. The van der Waals surface area contributed by atoms with E-state index in [2.05, 4.69) is 10.4 Å². The summed E-state index contributed by atoms with van der Waals surface area (Å²) >= 11 is 0. The van der Waals surface area contributed by atoms with Gasteiger partial charge in [0.15, 0.2) is 0 Å². The summed E-state index contributed by atoms with van der Waals surface area (Å²) in [6.45, 7) is 1.51. The Morgan fingerprint density at radius 2 is 2.22 bits per heavy atom. The van der Waals surface area contributed by atoms with Crippen LogP contribution in [0.4, 0.5) is 18.9 Å². The van der Waals surface area contributed by atoms with Crippen molar-refractivity contribution < 1.29 is 22.8 Å². The molecule has 1 atom stereocenters. The van der Waals surface area contributed by atoms with Crippen LogP contribution < -0.4 is 10.2 Å². The van der Waals surface area contributed by atoms with Gasteiger partial charge in [-0.05, 0) is 6.42 Å². The first kappa shape index (κ1) is 17.3. The molecule has 1 saturated heterocycles. The van der Waals surface area contributed by atoms with Crippen LogP contribution in [0, 0.1) is 5.92 Å². The third-order valence-corrected chi connectivity index (χ3v) is 3.60. The van der Waals surface area contributed by atoms with Gasteiger partial charge in [0.25, 0.3) is 0 Å². The van der Waals surface area contributed by atoms with Gasteiger partial charge < -0.3 is 10.2 Å². The number of alkyl halides is 3. The van der Waals surface area contributed by atoms with Crippen LogP contribution in [0.5, 0.6) is 0 Å². The van der Waals surface area contributed by atoms with Gasteiger partial charge in [0.2, 0.25) is 11.8 Å². The third-order valence-electron chi connectivity index (χ3n) is 3.60. The van der Waals surface area contributed by atoms with Crippen molar-refractivity contribution in [2.75, 3.05) is 18.0 Å². The average Bonchev–Trinajstić information content (AvgIpc) is 3.03. The molecule has 0 saturated carbocycles. The molecule has 2 heterocycles. The first-order valence-electron chi connectivity index (χ1n) is 7.47. The minimum atomic E-state index is -4.37. The number of nitrogens with one attached hydrogen (secondary N) is 1. The lowest BCUT2D eigenvalue weighted by Gasteiger charge is -2.14. The number of unbranched alkanes of at least 4 members (excludes halogenated alkanes) is 1. The highest BCUT2D eigenvalue weighted by atomic mass is 19.4. The molecule has 1 aromatic heterocycles. The van der Waals surface area contributed by atoms with E-state index in [0.717, 1.165) is 17.5 Å². The maximum Gasteiger partial charge on any atom is 0.408 e. The zero-order chi connectivity index (χ0) is 17.0. The van der Waals surface area contributed by atoms with E-state index in [1.807, 2.05) is 6.92 Å². The van der Waals surface area contributed by atoms with Crippen molar-refractivity contribution in [1.29, 1.82) is 0 Å². The Labute approximate surface area is 131 Å². The summed E-state index contributed by atoms with van der Waals surface area (Å²) in [7, 11) is 0. The molecule has 6 nitrogen and oxygen atoms in total. The van der Waals surface area contributed by atoms with Crippen LogP contribution in [0.3, 0.4) is 0 Å². The summed E-state index contributed by atoms with van der Waals surface area (Å²) < 4.78 is 37.7. The molecule has 0 aromatic carbocycles. The van der Waals surface area contributed by atoms with Gasteiger partial charge in [-0.1, -0.05) is 13.3 Å². The second-order valence-electron chi connectivity index (χ2n) is 5.56. The number of nitrogens with zero attached hydrogens (tertiary/aromatic N) is 3. The molecule has 1 N–H and O–H groups in total. The molecule has 9 heteroatoms. The summed E-state index contributed by atoms with van der Waals surface area (Å²) in [5, 5.41) is 6.38. The Bertz CT molecular complexity index is 571. The molecule has 1 aromatic rings. The van der Waals surface area contributed by atoms with Crippen molar-refractivity contribution in [3.8, 4) is 0 Å².